The van der Waals surface area contributed by atoms with Crippen LogP contribution in [-0.2, 0) is 59.2 Å². The number of carbonyl (C=O) groups excluding carboxylic acids is 10. The molecule has 438 valence electrons. The van der Waals surface area contributed by atoms with Crippen LogP contribution in [0.4, 0.5) is 0 Å². The number of aliphatic hydroxyl groups is 3. The van der Waals surface area contributed by atoms with Crippen molar-refractivity contribution in [1.29, 1.82) is 0 Å². The van der Waals surface area contributed by atoms with E-state index >= 15 is 0 Å². The van der Waals surface area contributed by atoms with E-state index < -0.39 is 158 Å². The number of carboxylic acid groups (broad SMARTS) is 1. The van der Waals surface area contributed by atoms with Crippen LogP contribution in [0.25, 0.3) is 0 Å². The van der Waals surface area contributed by atoms with Gasteiger partial charge in [0.1, 0.15) is 54.4 Å². The van der Waals surface area contributed by atoms with Gasteiger partial charge in [0.05, 0.1) is 32.3 Å². The van der Waals surface area contributed by atoms with E-state index in [2.05, 4.69) is 42.5 Å². The number of likely N-dealkylation sites (tertiary alicyclic amines) is 1. The number of unbranched alkanes of at least 4 members (excludes halogenated alkanes) is 1. The standard InChI is InChI=1S/C51H84N12O15/c1-7-29(6)41(62-48(74)39-17-13-19-63(39)50(76)31(53)20-27(2)3)49(75)61-38(26-66)47(73)57-34(22-30-14-9-8-10-15-30)43(69)60-37(25-65)46(72)58-35(23-40(54)67)44(70)56-33(21-28(4)5)42(68)59-36(24-64)45(71)55-32(51(77)78)16-11-12-18-52/h8-10,14-15,27-29,31-39,41,64-66H,7,11-13,16-26,52-53H2,1-6H3,(H2,54,67)(H,55,71)(H,56,70)(H,57,73)(H,58,72)(H,59,68)(H,60,69)(H,61,75)(H,62,74)(H,77,78)/t29-,31-,32-,33-,34-,35-,36-,37-,38-,39-,41-/m0/s1. The van der Waals surface area contributed by atoms with E-state index in [1.807, 2.05) is 13.8 Å². The van der Waals surface area contributed by atoms with Crippen molar-refractivity contribution in [3.05, 3.63) is 35.9 Å². The average molecular weight is 1110 g/mol. The second-order valence-corrected chi connectivity index (χ2v) is 20.4. The minimum Gasteiger partial charge on any atom is -0.480 e. The van der Waals surface area contributed by atoms with Gasteiger partial charge in [0.15, 0.2) is 0 Å². The van der Waals surface area contributed by atoms with Crippen LogP contribution in [0.1, 0.15) is 105 Å². The smallest absolute Gasteiger partial charge is 0.326 e. The first-order chi connectivity index (χ1) is 36.8. The van der Waals surface area contributed by atoms with Gasteiger partial charge >= 0.3 is 5.97 Å². The van der Waals surface area contributed by atoms with Crippen LogP contribution in [0.15, 0.2) is 30.3 Å². The molecule has 11 atom stereocenters. The topological polar surface area (TPSA) is 446 Å². The zero-order chi connectivity index (χ0) is 58.8. The maximum absolute atomic E-state index is 14.0. The molecule has 27 heteroatoms. The normalized spacial score (nSPS) is 17.1. The van der Waals surface area contributed by atoms with Crippen molar-refractivity contribution in [3.8, 4) is 0 Å². The average Bonchev–Trinajstić information content (AvgIpc) is 3.88. The number of nitrogens with one attached hydrogen (secondary N) is 8. The molecule has 0 bridgehead atoms. The molecule has 2 rings (SSSR count). The molecule has 0 spiro atoms. The van der Waals surface area contributed by atoms with Gasteiger partial charge in [0, 0.05) is 13.0 Å². The molecular weight excluding hydrogens is 1020 g/mol. The highest BCUT2D eigenvalue weighted by Crippen LogP contribution is 2.21. The van der Waals surface area contributed by atoms with Crippen molar-refractivity contribution in [3.63, 3.8) is 0 Å². The summed E-state index contributed by atoms with van der Waals surface area (Å²) in [7, 11) is 0. The van der Waals surface area contributed by atoms with Gasteiger partial charge in [0.25, 0.3) is 0 Å². The summed E-state index contributed by atoms with van der Waals surface area (Å²) in [6.45, 7) is 8.15. The number of nitrogens with zero attached hydrogens (tertiary/aromatic N) is 1. The molecule has 1 heterocycles. The fourth-order valence-electron chi connectivity index (χ4n) is 8.48. The van der Waals surface area contributed by atoms with Gasteiger partial charge in [-0.05, 0) is 74.8 Å². The number of hydrogen-bond acceptors (Lipinski definition) is 16. The van der Waals surface area contributed by atoms with Gasteiger partial charge in [-0.1, -0.05) is 78.3 Å². The van der Waals surface area contributed by atoms with E-state index in [-0.39, 0.29) is 37.6 Å². The lowest BCUT2D eigenvalue weighted by molar-refractivity contribution is -0.143. The molecule has 1 aromatic carbocycles. The number of benzene rings is 1. The van der Waals surface area contributed by atoms with E-state index in [1.165, 1.54) is 4.90 Å². The zero-order valence-corrected chi connectivity index (χ0v) is 45.5. The van der Waals surface area contributed by atoms with E-state index in [4.69, 9.17) is 17.2 Å². The van der Waals surface area contributed by atoms with Crippen molar-refractivity contribution in [2.75, 3.05) is 32.9 Å². The number of nitrogens with two attached hydrogens (primary N) is 3. The predicted octanol–water partition coefficient (Wildman–Crippen LogP) is -4.37. The van der Waals surface area contributed by atoms with E-state index in [1.54, 1.807) is 58.0 Å². The van der Waals surface area contributed by atoms with Crippen LogP contribution in [0.2, 0.25) is 0 Å². The van der Waals surface area contributed by atoms with Crippen molar-refractivity contribution in [2.24, 2.45) is 35.0 Å². The molecule has 0 radical (unpaired) electrons. The SMILES string of the molecule is CC[C@H](C)[C@H](NC(=O)[C@@H]1CCCN1C(=O)[C@@H](N)CC(C)C)C(=O)N[C@@H](CO)C(=O)N[C@@H](Cc1ccccc1)C(=O)N[C@@H](CO)C(=O)N[C@@H](CC(N)=O)C(=O)N[C@@H](CC(C)C)C(=O)N[C@@H](CO)C(=O)N[C@@H](CCCCN)C(=O)O. The summed E-state index contributed by atoms with van der Waals surface area (Å²) in [5, 5.41) is 59.4. The Morgan fingerprint density at radius 1 is 0.615 bits per heavy atom. The van der Waals surface area contributed by atoms with Crippen molar-refractivity contribution in [1.82, 2.24) is 47.4 Å². The van der Waals surface area contributed by atoms with Crippen molar-refractivity contribution >= 4 is 65.0 Å². The Hall–Kier alpha value is -6.81. The lowest BCUT2D eigenvalue weighted by Crippen LogP contribution is -2.62. The van der Waals surface area contributed by atoms with E-state index in [0.29, 0.717) is 50.6 Å². The first kappa shape index (κ1) is 67.3. The quantitative estimate of drug-likeness (QED) is 0.0286. The largest absolute Gasteiger partial charge is 0.480 e. The Balaban J connectivity index is 2.31. The summed E-state index contributed by atoms with van der Waals surface area (Å²) < 4.78 is 0. The van der Waals surface area contributed by atoms with E-state index in [0.717, 1.165) is 0 Å². The van der Waals surface area contributed by atoms with E-state index in [9.17, 15) is 73.2 Å². The minimum atomic E-state index is -1.87. The number of primary amides is 1. The molecule has 1 aliphatic rings. The first-order valence-corrected chi connectivity index (χ1v) is 26.4. The Morgan fingerprint density at radius 3 is 1.56 bits per heavy atom. The molecule has 1 fully saturated rings. The molecular formula is C51H84N12O15. The second-order valence-electron chi connectivity index (χ2n) is 20.4. The minimum absolute atomic E-state index is 0.00708. The molecule has 0 unspecified atom stereocenters. The Bertz CT molecular complexity index is 2190. The number of amides is 10. The number of carboxylic acids is 1. The van der Waals surface area contributed by atoms with Crippen LogP contribution in [0.3, 0.4) is 0 Å². The first-order valence-electron chi connectivity index (χ1n) is 26.4. The third kappa shape index (κ3) is 22.3. The summed E-state index contributed by atoms with van der Waals surface area (Å²) in [5.74, 6) is -11.6. The molecule has 1 aliphatic heterocycles. The third-order valence-corrected chi connectivity index (χ3v) is 13.0. The number of carbonyl (C=O) groups is 11. The summed E-state index contributed by atoms with van der Waals surface area (Å²) in [4.78, 5) is 148. The van der Waals surface area contributed by atoms with Gasteiger partial charge in [-0.2, -0.15) is 0 Å². The maximum atomic E-state index is 14.0. The van der Waals surface area contributed by atoms with Gasteiger partial charge in [-0.15, -0.1) is 0 Å². The molecule has 10 amide bonds. The number of rotatable bonds is 35. The second kappa shape index (κ2) is 34.2. The Labute approximate surface area is 454 Å². The van der Waals surface area contributed by atoms with Crippen LogP contribution in [0.5, 0.6) is 0 Å². The summed E-state index contributed by atoms with van der Waals surface area (Å²) >= 11 is 0. The highest BCUT2D eigenvalue weighted by atomic mass is 16.4. The van der Waals surface area contributed by atoms with Gasteiger partial charge < -0.3 is 85.1 Å². The summed E-state index contributed by atoms with van der Waals surface area (Å²) in [6.07, 6.45) is 1.27. The molecule has 18 N–H and O–H groups in total. The molecule has 1 aromatic rings. The van der Waals surface area contributed by atoms with Crippen molar-refractivity contribution < 1.29 is 73.2 Å². The fraction of sp³-hybridized carbons (Fsp3) is 0.667. The monoisotopic (exact) mass is 1100 g/mol. The molecule has 0 aliphatic carbocycles. The highest BCUT2D eigenvalue weighted by Gasteiger charge is 2.40. The molecule has 27 nitrogen and oxygen atoms in total. The zero-order valence-electron chi connectivity index (χ0n) is 45.5. The van der Waals surface area contributed by atoms with Crippen LogP contribution in [0, 0.1) is 17.8 Å². The number of aliphatic carboxylic acids is 1. The molecule has 0 aromatic heterocycles. The van der Waals surface area contributed by atoms with Gasteiger partial charge in [-0.25, -0.2) is 4.79 Å². The Kier molecular flexibility index (Phi) is 29.5. The number of aliphatic hydroxyl groups excluding tert-OH is 3. The van der Waals surface area contributed by atoms with Crippen molar-refractivity contribution in [2.45, 2.75) is 166 Å². The predicted molar refractivity (Wildman–Crippen MR) is 282 cm³/mol. The van der Waals surface area contributed by atoms with Gasteiger partial charge in [-0.3, -0.25) is 47.9 Å². The molecule has 78 heavy (non-hydrogen) atoms. The van der Waals surface area contributed by atoms with Crippen LogP contribution < -0.4 is 59.7 Å². The lowest BCUT2D eigenvalue weighted by atomic mass is 9.97. The fourth-order valence-corrected chi connectivity index (χ4v) is 8.48. The summed E-state index contributed by atoms with van der Waals surface area (Å²) in [6, 6.07) is -6.29. The van der Waals surface area contributed by atoms with Crippen LogP contribution in [-0.4, -0.2) is 184 Å². The summed E-state index contributed by atoms with van der Waals surface area (Å²) in [5.41, 5.74) is 17.6. The third-order valence-electron chi connectivity index (χ3n) is 13.0. The van der Waals surface area contributed by atoms with Gasteiger partial charge in [0.2, 0.25) is 59.1 Å². The molecule has 1 saturated heterocycles. The maximum Gasteiger partial charge on any atom is 0.326 e. The molecule has 0 saturated carbocycles. The Morgan fingerprint density at radius 2 is 1.08 bits per heavy atom. The number of hydrogen-bond donors (Lipinski definition) is 15. The van der Waals surface area contributed by atoms with Crippen LogP contribution >= 0.6 is 0 Å². The highest BCUT2D eigenvalue weighted by molar-refractivity contribution is 5.99. The lowest BCUT2D eigenvalue weighted by Gasteiger charge is -2.31.